The smallest absolute Gasteiger partial charge is 0.270 e. The SMILES string of the molecule is CCSc1ccc(Cl)nc1-c1cc2ccc(=O)n(C(F)C(F)(F)C(F)F)c2cn1. The largest absolute Gasteiger partial charge is 0.356 e. The molecule has 0 amide bonds. The molecule has 0 spiro atoms. The van der Waals surface area contributed by atoms with E-state index in [4.69, 9.17) is 11.6 Å². The van der Waals surface area contributed by atoms with Crippen LogP contribution in [-0.4, -0.2) is 32.6 Å². The van der Waals surface area contributed by atoms with E-state index in [1.807, 2.05) is 6.92 Å². The van der Waals surface area contributed by atoms with Gasteiger partial charge in [0.2, 0.25) is 6.30 Å². The number of nitrogens with zero attached hydrogens (tertiary/aromatic N) is 3. The van der Waals surface area contributed by atoms with E-state index in [1.54, 1.807) is 12.1 Å². The van der Waals surface area contributed by atoms with Crippen LogP contribution in [0.1, 0.15) is 13.2 Å². The fraction of sp³-hybridized carbons (Fsp3) is 0.278. The Hall–Kier alpha value is -2.20. The number of pyridine rings is 3. The summed E-state index contributed by atoms with van der Waals surface area (Å²) in [5.74, 6) is -4.31. The molecule has 154 valence electrons. The first-order valence-corrected chi connectivity index (χ1v) is 9.64. The highest BCUT2D eigenvalue weighted by atomic mass is 35.5. The van der Waals surface area contributed by atoms with Crippen LogP contribution in [0.25, 0.3) is 22.3 Å². The molecule has 0 fully saturated rings. The lowest BCUT2D eigenvalue weighted by Crippen LogP contribution is -2.39. The van der Waals surface area contributed by atoms with Crippen molar-refractivity contribution in [2.45, 2.75) is 30.5 Å². The molecule has 1 atom stereocenters. The highest BCUT2D eigenvalue weighted by Crippen LogP contribution is 2.37. The molecule has 3 heterocycles. The maximum Gasteiger partial charge on any atom is 0.356 e. The predicted octanol–water partition coefficient (Wildman–Crippen LogP) is 5.59. The van der Waals surface area contributed by atoms with Gasteiger partial charge in [-0.1, -0.05) is 18.5 Å². The second kappa shape index (κ2) is 8.27. The fourth-order valence-electron chi connectivity index (χ4n) is 2.68. The second-order valence-corrected chi connectivity index (χ2v) is 7.59. The van der Waals surface area contributed by atoms with Crippen molar-refractivity contribution in [1.82, 2.24) is 14.5 Å². The highest BCUT2D eigenvalue weighted by molar-refractivity contribution is 7.99. The van der Waals surface area contributed by atoms with Crippen LogP contribution in [0.4, 0.5) is 22.0 Å². The molecule has 0 N–H and O–H groups in total. The van der Waals surface area contributed by atoms with Crippen molar-refractivity contribution in [2.75, 3.05) is 5.75 Å². The minimum atomic E-state index is -5.05. The quantitative estimate of drug-likeness (QED) is 0.279. The molecule has 29 heavy (non-hydrogen) atoms. The molecule has 0 aromatic carbocycles. The molecule has 1 unspecified atom stereocenters. The van der Waals surface area contributed by atoms with Gasteiger partial charge in [0.05, 0.1) is 17.4 Å². The Bertz CT molecular complexity index is 1110. The normalized spacial score (nSPS) is 13.2. The summed E-state index contributed by atoms with van der Waals surface area (Å²) in [6.45, 7) is 1.93. The van der Waals surface area contributed by atoms with Gasteiger partial charge in [-0.2, -0.15) is 8.78 Å². The molecule has 0 saturated carbocycles. The topological polar surface area (TPSA) is 47.8 Å². The predicted molar refractivity (Wildman–Crippen MR) is 102 cm³/mol. The lowest BCUT2D eigenvalue weighted by molar-refractivity contribution is -0.191. The maximum absolute atomic E-state index is 14.3. The molecular formula is C18H13ClF5N3OS. The van der Waals surface area contributed by atoms with Crippen LogP contribution in [-0.2, 0) is 0 Å². The second-order valence-electron chi connectivity index (χ2n) is 5.89. The zero-order chi connectivity index (χ0) is 21.3. The Morgan fingerprint density at radius 1 is 1.21 bits per heavy atom. The van der Waals surface area contributed by atoms with Gasteiger partial charge in [0.25, 0.3) is 5.56 Å². The molecule has 0 aliphatic carbocycles. The Balaban J connectivity index is 2.18. The zero-order valence-corrected chi connectivity index (χ0v) is 16.3. The van der Waals surface area contributed by atoms with Crippen LogP contribution in [0.5, 0.6) is 0 Å². The van der Waals surface area contributed by atoms with Gasteiger partial charge in [0.15, 0.2) is 0 Å². The summed E-state index contributed by atoms with van der Waals surface area (Å²) in [6, 6.07) is 6.84. The monoisotopic (exact) mass is 449 g/mol. The summed E-state index contributed by atoms with van der Waals surface area (Å²) in [7, 11) is 0. The van der Waals surface area contributed by atoms with Crippen LogP contribution in [0.15, 0.2) is 46.2 Å². The molecule has 0 aliphatic heterocycles. The molecule has 0 bridgehead atoms. The molecule has 3 rings (SSSR count). The van der Waals surface area contributed by atoms with E-state index in [9.17, 15) is 26.7 Å². The summed E-state index contributed by atoms with van der Waals surface area (Å²) in [4.78, 5) is 21.0. The van der Waals surface area contributed by atoms with E-state index in [1.165, 1.54) is 23.9 Å². The summed E-state index contributed by atoms with van der Waals surface area (Å²) in [5.41, 5.74) is -0.820. The van der Waals surface area contributed by atoms with Crippen molar-refractivity contribution >= 4 is 34.3 Å². The van der Waals surface area contributed by atoms with Gasteiger partial charge in [0, 0.05) is 16.3 Å². The van der Waals surface area contributed by atoms with Crippen molar-refractivity contribution in [3.63, 3.8) is 0 Å². The van der Waals surface area contributed by atoms with Gasteiger partial charge < -0.3 is 0 Å². The van der Waals surface area contributed by atoms with Crippen molar-refractivity contribution < 1.29 is 22.0 Å². The van der Waals surface area contributed by atoms with E-state index >= 15 is 0 Å². The molecule has 0 saturated heterocycles. The number of aromatic nitrogens is 3. The highest BCUT2D eigenvalue weighted by Gasteiger charge is 2.51. The lowest BCUT2D eigenvalue weighted by atomic mass is 10.1. The number of hydrogen-bond donors (Lipinski definition) is 0. The Kier molecular flexibility index (Phi) is 6.13. The zero-order valence-electron chi connectivity index (χ0n) is 14.8. The van der Waals surface area contributed by atoms with E-state index in [0.29, 0.717) is 11.4 Å². The van der Waals surface area contributed by atoms with Gasteiger partial charge in [-0.05, 0) is 30.0 Å². The van der Waals surface area contributed by atoms with Crippen LogP contribution in [0, 0.1) is 0 Å². The molecule has 4 nitrogen and oxygen atoms in total. The molecular weight excluding hydrogens is 437 g/mol. The Morgan fingerprint density at radius 3 is 2.59 bits per heavy atom. The number of alkyl halides is 5. The summed E-state index contributed by atoms with van der Waals surface area (Å²) in [6.07, 6.45) is -6.86. The van der Waals surface area contributed by atoms with E-state index in [0.717, 1.165) is 22.9 Å². The van der Waals surface area contributed by atoms with E-state index in [2.05, 4.69) is 9.97 Å². The molecule has 3 aromatic heterocycles. The third-order valence-corrected chi connectivity index (χ3v) is 5.16. The van der Waals surface area contributed by atoms with Gasteiger partial charge in [-0.15, -0.1) is 11.8 Å². The maximum atomic E-state index is 14.3. The Morgan fingerprint density at radius 2 is 1.93 bits per heavy atom. The average molecular weight is 450 g/mol. The third-order valence-electron chi connectivity index (χ3n) is 4.02. The van der Waals surface area contributed by atoms with Crippen molar-refractivity contribution in [3.05, 3.63) is 52.0 Å². The van der Waals surface area contributed by atoms with Crippen LogP contribution in [0.2, 0.25) is 5.15 Å². The summed E-state index contributed by atoms with van der Waals surface area (Å²) >= 11 is 7.42. The first-order valence-electron chi connectivity index (χ1n) is 8.27. The minimum Gasteiger partial charge on any atom is -0.270 e. The number of hydrogen-bond acceptors (Lipinski definition) is 4. The lowest BCUT2D eigenvalue weighted by Gasteiger charge is -2.22. The summed E-state index contributed by atoms with van der Waals surface area (Å²) < 4.78 is 66.5. The first kappa shape index (κ1) is 21.5. The molecule has 0 aliphatic rings. The average Bonchev–Trinajstić information content (AvgIpc) is 2.68. The van der Waals surface area contributed by atoms with Gasteiger partial charge in [-0.3, -0.25) is 14.3 Å². The van der Waals surface area contributed by atoms with Crippen LogP contribution < -0.4 is 5.56 Å². The van der Waals surface area contributed by atoms with Crippen LogP contribution in [0.3, 0.4) is 0 Å². The van der Waals surface area contributed by atoms with Crippen molar-refractivity contribution in [3.8, 4) is 11.4 Å². The van der Waals surface area contributed by atoms with E-state index in [-0.39, 0.29) is 20.6 Å². The molecule has 3 aromatic rings. The number of halogens is 6. The van der Waals surface area contributed by atoms with Crippen molar-refractivity contribution in [2.24, 2.45) is 0 Å². The van der Waals surface area contributed by atoms with E-state index < -0.39 is 24.2 Å². The molecule has 11 heteroatoms. The fourth-order valence-corrected chi connectivity index (χ4v) is 3.59. The summed E-state index contributed by atoms with van der Waals surface area (Å²) in [5, 5.41) is 0.351. The van der Waals surface area contributed by atoms with Gasteiger partial charge in [0.1, 0.15) is 10.8 Å². The molecule has 0 radical (unpaired) electrons. The number of fused-ring (bicyclic) bond motifs is 1. The van der Waals surface area contributed by atoms with Crippen molar-refractivity contribution in [1.29, 1.82) is 0 Å². The minimum absolute atomic E-state index is 0.0224. The Labute approximate surface area is 170 Å². The third kappa shape index (κ3) is 4.09. The number of rotatable bonds is 6. The standard InChI is InChI=1S/C18H13ClF5N3OS/c1-2-29-12-4-5-13(19)26-15(12)10-7-9-3-6-14(28)27(11(9)8-25-10)17(22)18(23,24)16(20)21/h3-8,16-17H,2H2,1H3. The van der Waals surface area contributed by atoms with Gasteiger partial charge >= 0.3 is 12.3 Å². The van der Waals surface area contributed by atoms with Gasteiger partial charge in [-0.25, -0.2) is 18.2 Å². The van der Waals surface area contributed by atoms with Crippen LogP contribution >= 0.6 is 23.4 Å². The number of thioether (sulfide) groups is 1. The first-order chi connectivity index (χ1) is 13.7.